The Labute approximate surface area is 117 Å². The molecule has 0 unspecified atom stereocenters. The van der Waals surface area contributed by atoms with Crippen LogP contribution in [0, 0.1) is 6.92 Å². The van der Waals surface area contributed by atoms with E-state index < -0.39 is 12.5 Å². The summed E-state index contributed by atoms with van der Waals surface area (Å²) in [5.74, 6) is -1.65. The lowest BCUT2D eigenvalue weighted by Crippen LogP contribution is -2.37. The average Bonchev–Trinajstić information content (AvgIpc) is 2.36. The van der Waals surface area contributed by atoms with Crippen LogP contribution in [0.15, 0.2) is 24.3 Å². The van der Waals surface area contributed by atoms with E-state index >= 15 is 0 Å². The van der Waals surface area contributed by atoms with Crippen molar-refractivity contribution in [3.05, 3.63) is 29.8 Å². The summed E-state index contributed by atoms with van der Waals surface area (Å²) in [6, 6.07) is 7.03. The summed E-state index contributed by atoms with van der Waals surface area (Å²) in [5.41, 5.74) is 1.56. The van der Waals surface area contributed by atoms with Gasteiger partial charge in [0.1, 0.15) is 6.54 Å². The number of amides is 2. The van der Waals surface area contributed by atoms with E-state index in [-0.39, 0.29) is 24.8 Å². The van der Waals surface area contributed by atoms with Gasteiger partial charge in [-0.05, 0) is 19.1 Å². The van der Waals surface area contributed by atoms with Gasteiger partial charge in [-0.1, -0.05) is 17.7 Å². The summed E-state index contributed by atoms with van der Waals surface area (Å²) >= 11 is 0. The molecule has 0 bridgehead atoms. The van der Waals surface area contributed by atoms with E-state index in [4.69, 9.17) is 5.11 Å². The van der Waals surface area contributed by atoms with Crippen molar-refractivity contribution in [3.63, 3.8) is 0 Å². The fraction of sp³-hybridized carbons (Fsp3) is 0.357. The van der Waals surface area contributed by atoms with Crippen molar-refractivity contribution in [2.75, 3.05) is 18.0 Å². The smallest absolute Gasteiger partial charge is 0.323 e. The number of benzene rings is 1. The maximum Gasteiger partial charge on any atom is 0.323 e. The third-order valence-corrected chi connectivity index (χ3v) is 2.65. The van der Waals surface area contributed by atoms with Gasteiger partial charge in [0, 0.05) is 25.6 Å². The Balaban J connectivity index is 2.77. The Morgan fingerprint density at radius 3 is 2.30 bits per heavy atom. The first-order valence-electron chi connectivity index (χ1n) is 6.23. The molecule has 1 aromatic carbocycles. The molecule has 1 rings (SSSR count). The summed E-state index contributed by atoms with van der Waals surface area (Å²) in [4.78, 5) is 34.9. The van der Waals surface area contributed by atoms with E-state index in [0.29, 0.717) is 5.69 Å². The highest BCUT2D eigenvalue weighted by molar-refractivity contribution is 5.97. The Morgan fingerprint density at radius 2 is 1.80 bits per heavy atom. The van der Waals surface area contributed by atoms with Crippen molar-refractivity contribution in [1.82, 2.24) is 5.32 Å². The second-order valence-corrected chi connectivity index (χ2v) is 4.44. The normalized spacial score (nSPS) is 9.90. The molecule has 2 amide bonds. The average molecular weight is 278 g/mol. The lowest BCUT2D eigenvalue weighted by atomic mass is 10.2. The third kappa shape index (κ3) is 5.09. The number of nitrogens with one attached hydrogen (secondary N) is 1. The van der Waals surface area contributed by atoms with Gasteiger partial charge in [0.15, 0.2) is 0 Å². The molecule has 0 saturated carbocycles. The molecule has 20 heavy (non-hydrogen) atoms. The summed E-state index contributed by atoms with van der Waals surface area (Å²) < 4.78 is 0. The van der Waals surface area contributed by atoms with Crippen molar-refractivity contribution in [1.29, 1.82) is 0 Å². The van der Waals surface area contributed by atoms with Crippen LogP contribution in [0.5, 0.6) is 0 Å². The Bertz CT molecular complexity index is 496. The number of carbonyl (C=O) groups excluding carboxylic acids is 2. The van der Waals surface area contributed by atoms with E-state index in [9.17, 15) is 14.4 Å². The summed E-state index contributed by atoms with van der Waals surface area (Å²) in [7, 11) is 0. The van der Waals surface area contributed by atoms with Crippen LogP contribution in [0.3, 0.4) is 0 Å². The minimum absolute atomic E-state index is 0.0563. The van der Waals surface area contributed by atoms with Gasteiger partial charge in [0.05, 0.1) is 0 Å². The van der Waals surface area contributed by atoms with Crippen LogP contribution >= 0.6 is 0 Å². The highest BCUT2D eigenvalue weighted by atomic mass is 16.4. The number of aliphatic carboxylic acids is 1. The van der Waals surface area contributed by atoms with E-state index in [0.717, 1.165) is 5.56 Å². The first-order valence-corrected chi connectivity index (χ1v) is 6.23. The highest BCUT2D eigenvalue weighted by Crippen LogP contribution is 2.16. The molecule has 0 aliphatic carbocycles. The number of anilines is 1. The van der Waals surface area contributed by atoms with Crippen LogP contribution in [0.1, 0.15) is 18.9 Å². The molecule has 0 radical (unpaired) electrons. The van der Waals surface area contributed by atoms with Crippen LogP contribution in [0.2, 0.25) is 0 Å². The van der Waals surface area contributed by atoms with Crippen LogP contribution in [-0.4, -0.2) is 36.0 Å². The number of aryl methyl sites for hydroxylation is 1. The van der Waals surface area contributed by atoms with Crippen LogP contribution in [-0.2, 0) is 14.4 Å². The monoisotopic (exact) mass is 278 g/mol. The van der Waals surface area contributed by atoms with Gasteiger partial charge in [-0.2, -0.15) is 0 Å². The van der Waals surface area contributed by atoms with E-state index in [1.54, 1.807) is 12.1 Å². The first kappa shape index (κ1) is 15.7. The summed E-state index contributed by atoms with van der Waals surface area (Å²) in [6.45, 7) is 3.06. The van der Waals surface area contributed by atoms with Crippen molar-refractivity contribution >= 4 is 23.5 Å². The van der Waals surface area contributed by atoms with Crippen molar-refractivity contribution in [2.24, 2.45) is 0 Å². The number of hydrogen-bond acceptors (Lipinski definition) is 3. The molecular formula is C14H18N2O4. The lowest BCUT2D eigenvalue weighted by Gasteiger charge is -2.21. The number of carbonyl (C=O) groups is 3. The van der Waals surface area contributed by atoms with Crippen molar-refractivity contribution in [2.45, 2.75) is 20.3 Å². The quantitative estimate of drug-likeness (QED) is 0.810. The number of carboxylic acids is 1. The van der Waals surface area contributed by atoms with Crippen LogP contribution < -0.4 is 10.2 Å². The molecule has 0 saturated heterocycles. The Kier molecular flexibility index (Phi) is 5.71. The minimum Gasteiger partial charge on any atom is -0.480 e. The van der Waals surface area contributed by atoms with Gasteiger partial charge in [-0.3, -0.25) is 14.4 Å². The molecule has 0 fully saturated rings. The summed E-state index contributed by atoms with van der Waals surface area (Å²) in [6.07, 6.45) is 0.0563. The largest absolute Gasteiger partial charge is 0.480 e. The predicted octanol–water partition coefficient (Wildman–Crippen LogP) is 0.939. The van der Waals surface area contributed by atoms with E-state index in [1.165, 1.54) is 11.8 Å². The fourth-order valence-electron chi connectivity index (χ4n) is 1.66. The molecule has 2 N–H and O–H groups in total. The lowest BCUT2D eigenvalue weighted by molar-refractivity contribution is -0.136. The van der Waals surface area contributed by atoms with E-state index in [1.807, 2.05) is 19.1 Å². The maximum atomic E-state index is 12.1. The minimum atomic E-state index is -1.08. The molecular weight excluding hydrogens is 260 g/mol. The second kappa shape index (κ2) is 7.28. The SMILES string of the molecule is CC(=O)NCCC(=O)N(CC(=O)O)c1ccc(C)cc1. The summed E-state index contributed by atoms with van der Waals surface area (Å²) in [5, 5.41) is 11.4. The maximum absolute atomic E-state index is 12.1. The third-order valence-electron chi connectivity index (χ3n) is 2.65. The molecule has 6 heteroatoms. The van der Waals surface area contributed by atoms with Gasteiger partial charge in [-0.25, -0.2) is 0 Å². The number of hydrogen-bond donors (Lipinski definition) is 2. The standard InChI is InChI=1S/C14H18N2O4/c1-10-3-5-12(6-4-10)16(9-14(19)20)13(18)7-8-15-11(2)17/h3-6H,7-9H2,1-2H3,(H,15,17)(H,19,20). The highest BCUT2D eigenvalue weighted by Gasteiger charge is 2.18. The van der Waals surface area contributed by atoms with Gasteiger partial charge in [0.2, 0.25) is 11.8 Å². The number of rotatable bonds is 6. The molecule has 0 aliphatic heterocycles. The predicted molar refractivity (Wildman–Crippen MR) is 74.5 cm³/mol. The zero-order valence-corrected chi connectivity index (χ0v) is 11.5. The topological polar surface area (TPSA) is 86.7 Å². The van der Waals surface area contributed by atoms with Crippen molar-refractivity contribution in [3.8, 4) is 0 Å². The van der Waals surface area contributed by atoms with Gasteiger partial charge >= 0.3 is 5.97 Å². The van der Waals surface area contributed by atoms with Gasteiger partial charge in [-0.15, -0.1) is 0 Å². The van der Waals surface area contributed by atoms with Gasteiger partial charge < -0.3 is 15.3 Å². The zero-order valence-electron chi connectivity index (χ0n) is 11.5. The number of nitrogens with zero attached hydrogens (tertiary/aromatic N) is 1. The molecule has 0 aromatic heterocycles. The molecule has 6 nitrogen and oxygen atoms in total. The van der Waals surface area contributed by atoms with Crippen LogP contribution in [0.4, 0.5) is 5.69 Å². The van der Waals surface area contributed by atoms with Gasteiger partial charge in [0.25, 0.3) is 0 Å². The molecule has 0 atom stereocenters. The Morgan fingerprint density at radius 1 is 1.20 bits per heavy atom. The Hall–Kier alpha value is -2.37. The molecule has 0 aliphatic rings. The second-order valence-electron chi connectivity index (χ2n) is 4.44. The molecule has 0 heterocycles. The van der Waals surface area contributed by atoms with Crippen molar-refractivity contribution < 1.29 is 19.5 Å². The fourth-order valence-corrected chi connectivity index (χ4v) is 1.66. The number of carboxylic acid groups (broad SMARTS) is 1. The molecule has 1 aromatic rings. The first-order chi connectivity index (χ1) is 9.40. The van der Waals surface area contributed by atoms with Crippen LogP contribution in [0.25, 0.3) is 0 Å². The zero-order chi connectivity index (χ0) is 15.1. The molecule has 0 spiro atoms. The van der Waals surface area contributed by atoms with E-state index in [2.05, 4.69) is 5.32 Å². The molecule has 108 valence electrons.